The molecule has 1 rings (SSSR count). The molecule has 104 valence electrons. The van der Waals surface area contributed by atoms with Crippen LogP contribution in [0, 0.1) is 5.82 Å². The second kappa shape index (κ2) is 8.20. The molecule has 5 nitrogen and oxygen atoms in total. The zero-order valence-electron chi connectivity index (χ0n) is 10.7. The number of rotatable bonds is 7. The fourth-order valence-corrected chi connectivity index (χ4v) is 1.36. The molecule has 0 aromatic heterocycles. The molecule has 0 unspecified atom stereocenters. The molecule has 0 saturated carbocycles. The number of hydrogen-bond donors (Lipinski definition) is 2. The van der Waals surface area contributed by atoms with E-state index in [0.29, 0.717) is 31.7 Å². The van der Waals surface area contributed by atoms with Crippen molar-refractivity contribution in [3.63, 3.8) is 0 Å². The minimum Gasteiger partial charge on any atom is -0.384 e. The van der Waals surface area contributed by atoms with Crippen molar-refractivity contribution in [2.24, 2.45) is 0 Å². The molecule has 0 spiro atoms. The molecule has 0 radical (unpaired) electrons. The first kappa shape index (κ1) is 15.1. The van der Waals surface area contributed by atoms with Crippen LogP contribution in [0.4, 0.5) is 4.39 Å². The lowest BCUT2D eigenvalue weighted by Crippen LogP contribution is -2.34. The lowest BCUT2D eigenvalue weighted by Gasteiger charge is -2.07. The average Bonchev–Trinajstić information content (AvgIpc) is 2.41. The summed E-state index contributed by atoms with van der Waals surface area (Å²) < 4.78 is 17.4. The summed E-state index contributed by atoms with van der Waals surface area (Å²) in [6.07, 6.45) is 0.294. The van der Waals surface area contributed by atoms with Gasteiger partial charge in [-0.1, -0.05) is 0 Å². The smallest absolute Gasteiger partial charge is 0.251 e. The van der Waals surface area contributed by atoms with E-state index < -0.39 is 0 Å². The lowest BCUT2D eigenvalue weighted by molar-refractivity contribution is -0.121. The third-order valence-corrected chi connectivity index (χ3v) is 2.37. The SMILES string of the molecule is COCCC(=O)NCCNC(=O)c1ccc(F)cc1. The van der Waals surface area contributed by atoms with Gasteiger partial charge in [-0.05, 0) is 24.3 Å². The summed E-state index contributed by atoms with van der Waals surface area (Å²) in [7, 11) is 1.52. The van der Waals surface area contributed by atoms with E-state index in [0.717, 1.165) is 0 Å². The van der Waals surface area contributed by atoms with Crippen molar-refractivity contribution in [2.45, 2.75) is 6.42 Å². The van der Waals surface area contributed by atoms with Crippen LogP contribution in [0.5, 0.6) is 0 Å². The molecule has 2 N–H and O–H groups in total. The number of carbonyl (C=O) groups is 2. The molecular formula is C13H17FN2O3. The van der Waals surface area contributed by atoms with Gasteiger partial charge in [-0.3, -0.25) is 9.59 Å². The summed E-state index contributed by atoms with van der Waals surface area (Å²) in [5.41, 5.74) is 0.382. The van der Waals surface area contributed by atoms with Gasteiger partial charge in [-0.2, -0.15) is 0 Å². The minimum atomic E-state index is -0.387. The molecule has 0 bridgehead atoms. The van der Waals surface area contributed by atoms with Gasteiger partial charge < -0.3 is 15.4 Å². The molecule has 6 heteroatoms. The van der Waals surface area contributed by atoms with Crippen LogP contribution in [0.1, 0.15) is 16.8 Å². The van der Waals surface area contributed by atoms with Crippen LogP contribution in [-0.2, 0) is 9.53 Å². The molecule has 0 saturated heterocycles. The van der Waals surface area contributed by atoms with Crippen LogP contribution in [0.25, 0.3) is 0 Å². The van der Waals surface area contributed by atoms with Gasteiger partial charge in [0.25, 0.3) is 5.91 Å². The number of amides is 2. The van der Waals surface area contributed by atoms with Crippen LogP contribution in [0.2, 0.25) is 0 Å². The van der Waals surface area contributed by atoms with Gasteiger partial charge in [0.15, 0.2) is 0 Å². The van der Waals surface area contributed by atoms with Crippen molar-refractivity contribution in [3.8, 4) is 0 Å². The van der Waals surface area contributed by atoms with E-state index in [1.807, 2.05) is 0 Å². The second-order valence-corrected chi connectivity index (χ2v) is 3.86. The molecule has 0 atom stereocenters. The number of nitrogens with one attached hydrogen (secondary N) is 2. The first-order valence-corrected chi connectivity index (χ1v) is 5.93. The summed E-state index contributed by atoms with van der Waals surface area (Å²) in [5, 5.41) is 5.26. The van der Waals surface area contributed by atoms with Crippen LogP contribution < -0.4 is 10.6 Å². The van der Waals surface area contributed by atoms with Crippen LogP contribution in [0.15, 0.2) is 24.3 Å². The summed E-state index contributed by atoms with van der Waals surface area (Å²) in [5.74, 6) is -0.814. The molecule has 0 aliphatic heterocycles. The monoisotopic (exact) mass is 268 g/mol. The fraction of sp³-hybridized carbons (Fsp3) is 0.385. The highest BCUT2D eigenvalue weighted by Crippen LogP contribution is 2.01. The van der Waals surface area contributed by atoms with Gasteiger partial charge in [0, 0.05) is 32.2 Å². The number of methoxy groups -OCH3 is 1. The zero-order chi connectivity index (χ0) is 14.1. The van der Waals surface area contributed by atoms with Crippen molar-refractivity contribution in [2.75, 3.05) is 26.8 Å². The normalized spacial score (nSPS) is 10.0. The Hall–Kier alpha value is -1.95. The van der Waals surface area contributed by atoms with Gasteiger partial charge in [0.1, 0.15) is 5.82 Å². The van der Waals surface area contributed by atoms with E-state index in [4.69, 9.17) is 4.74 Å². The second-order valence-electron chi connectivity index (χ2n) is 3.86. The number of ether oxygens (including phenoxy) is 1. The van der Waals surface area contributed by atoms with Gasteiger partial charge >= 0.3 is 0 Å². The minimum absolute atomic E-state index is 0.127. The van der Waals surface area contributed by atoms with E-state index in [1.54, 1.807) is 0 Å². The molecule has 1 aromatic rings. The zero-order valence-corrected chi connectivity index (χ0v) is 10.7. The van der Waals surface area contributed by atoms with Gasteiger partial charge in [-0.15, -0.1) is 0 Å². The summed E-state index contributed by atoms with van der Waals surface area (Å²) in [6, 6.07) is 5.26. The summed E-state index contributed by atoms with van der Waals surface area (Å²) in [4.78, 5) is 22.8. The van der Waals surface area contributed by atoms with Gasteiger partial charge in [0.05, 0.1) is 6.61 Å². The maximum atomic E-state index is 12.7. The predicted octanol–water partition coefficient (Wildman–Crippen LogP) is 0.708. The van der Waals surface area contributed by atoms with Gasteiger partial charge in [-0.25, -0.2) is 4.39 Å². The quantitative estimate of drug-likeness (QED) is 0.716. The molecule has 19 heavy (non-hydrogen) atoms. The highest BCUT2D eigenvalue weighted by molar-refractivity contribution is 5.94. The topological polar surface area (TPSA) is 67.4 Å². The van der Waals surface area contributed by atoms with Crippen molar-refractivity contribution < 1.29 is 18.7 Å². The van der Waals surface area contributed by atoms with E-state index >= 15 is 0 Å². The first-order chi connectivity index (χ1) is 9.13. The van der Waals surface area contributed by atoms with Crippen LogP contribution in [-0.4, -0.2) is 38.6 Å². The molecule has 2 amide bonds. The third kappa shape index (κ3) is 5.96. The molecule has 0 aliphatic carbocycles. The van der Waals surface area contributed by atoms with Crippen LogP contribution in [0.3, 0.4) is 0 Å². The lowest BCUT2D eigenvalue weighted by atomic mass is 10.2. The number of benzene rings is 1. The van der Waals surface area contributed by atoms with E-state index in [-0.39, 0.29) is 17.6 Å². The van der Waals surface area contributed by atoms with Crippen molar-refractivity contribution in [3.05, 3.63) is 35.6 Å². The molecule has 0 fully saturated rings. The Kier molecular flexibility index (Phi) is 6.52. The number of halogens is 1. The fourth-order valence-electron chi connectivity index (χ4n) is 1.36. The number of hydrogen-bond acceptors (Lipinski definition) is 3. The average molecular weight is 268 g/mol. The Morgan fingerprint density at radius 2 is 1.79 bits per heavy atom. The Balaban J connectivity index is 2.20. The molecule has 1 aromatic carbocycles. The van der Waals surface area contributed by atoms with Crippen molar-refractivity contribution in [1.29, 1.82) is 0 Å². The third-order valence-electron chi connectivity index (χ3n) is 2.37. The highest BCUT2D eigenvalue weighted by Gasteiger charge is 2.05. The number of carbonyl (C=O) groups excluding carboxylic acids is 2. The van der Waals surface area contributed by atoms with Crippen molar-refractivity contribution in [1.82, 2.24) is 10.6 Å². The summed E-state index contributed by atoms with van der Waals surface area (Å²) in [6.45, 7) is 1.03. The largest absolute Gasteiger partial charge is 0.384 e. The maximum absolute atomic E-state index is 12.7. The predicted molar refractivity (Wildman–Crippen MR) is 68.2 cm³/mol. The Morgan fingerprint density at radius 3 is 2.42 bits per heavy atom. The summed E-state index contributed by atoms with van der Waals surface area (Å²) >= 11 is 0. The van der Waals surface area contributed by atoms with Crippen molar-refractivity contribution >= 4 is 11.8 Å². The van der Waals surface area contributed by atoms with E-state index in [1.165, 1.54) is 31.4 Å². The molecule has 0 aliphatic rings. The maximum Gasteiger partial charge on any atom is 0.251 e. The Bertz CT molecular complexity index is 420. The Labute approximate surface area is 111 Å². The van der Waals surface area contributed by atoms with E-state index in [2.05, 4.69) is 10.6 Å². The molecule has 0 heterocycles. The van der Waals surface area contributed by atoms with Crippen LogP contribution >= 0.6 is 0 Å². The standard InChI is InChI=1S/C13H17FN2O3/c1-19-9-6-12(17)15-7-8-16-13(18)10-2-4-11(14)5-3-10/h2-5H,6-9H2,1H3,(H,15,17)(H,16,18). The van der Waals surface area contributed by atoms with Gasteiger partial charge in [0.2, 0.25) is 5.91 Å². The Morgan fingerprint density at radius 1 is 1.16 bits per heavy atom. The first-order valence-electron chi connectivity index (χ1n) is 5.93. The van der Waals surface area contributed by atoms with E-state index in [9.17, 15) is 14.0 Å². The molecular weight excluding hydrogens is 251 g/mol. The highest BCUT2D eigenvalue weighted by atomic mass is 19.1.